The van der Waals surface area contributed by atoms with Crippen molar-refractivity contribution in [3.05, 3.63) is 45.0 Å². The molecule has 2 aromatic rings. The Labute approximate surface area is 90.2 Å². The van der Waals surface area contributed by atoms with Gasteiger partial charge in [0.15, 0.2) is 0 Å². The number of aromatic amines is 1. The van der Waals surface area contributed by atoms with Crippen LogP contribution in [0.15, 0.2) is 28.8 Å². The van der Waals surface area contributed by atoms with Gasteiger partial charge in [0.25, 0.3) is 0 Å². The SMILES string of the molecule is O=c1[nH]c(CNCc2ccncn2)cs1. The first-order valence-corrected chi connectivity index (χ1v) is 5.35. The van der Waals surface area contributed by atoms with E-state index in [4.69, 9.17) is 0 Å². The molecule has 0 aliphatic carbocycles. The Kier molecular flexibility index (Phi) is 3.21. The van der Waals surface area contributed by atoms with Crippen LogP contribution in [0.5, 0.6) is 0 Å². The lowest BCUT2D eigenvalue weighted by molar-refractivity contribution is 0.667. The van der Waals surface area contributed by atoms with Crippen LogP contribution in [0, 0.1) is 0 Å². The minimum Gasteiger partial charge on any atom is -0.315 e. The van der Waals surface area contributed by atoms with Gasteiger partial charge in [0.2, 0.25) is 0 Å². The third-order valence-electron chi connectivity index (χ3n) is 1.84. The van der Waals surface area contributed by atoms with E-state index in [1.807, 2.05) is 11.4 Å². The minimum atomic E-state index is -0.0196. The van der Waals surface area contributed by atoms with Gasteiger partial charge in [-0.2, -0.15) is 0 Å². The van der Waals surface area contributed by atoms with Gasteiger partial charge in [-0.05, 0) is 6.07 Å². The third kappa shape index (κ3) is 2.97. The van der Waals surface area contributed by atoms with E-state index in [1.165, 1.54) is 17.7 Å². The molecule has 2 aromatic heterocycles. The fraction of sp³-hybridized carbons (Fsp3) is 0.222. The van der Waals surface area contributed by atoms with Crippen molar-refractivity contribution in [2.45, 2.75) is 13.1 Å². The Balaban J connectivity index is 1.83. The van der Waals surface area contributed by atoms with Crippen LogP contribution in [0.2, 0.25) is 0 Å². The number of hydrogen-bond donors (Lipinski definition) is 2. The molecule has 0 fully saturated rings. The number of nitrogens with zero attached hydrogens (tertiary/aromatic N) is 2. The molecule has 0 aliphatic rings. The van der Waals surface area contributed by atoms with E-state index < -0.39 is 0 Å². The van der Waals surface area contributed by atoms with Gasteiger partial charge in [0.05, 0.1) is 5.69 Å². The summed E-state index contributed by atoms with van der Waals surface area (Å²) in [6.07, 6.45) is 3.22. The smallest absolute Gasteiger partial charge is 0.304 e. The zero-order valence-corrected chi connectivity index (χ0v) is 8.75. The predicted molar refractivity (Wildman–Crippen MR) is 57.5 cm³/mol. The van der Waals surface area contributed by atoms with E-state index >= 15 is 0 Å². The van der Waals surface area contributed by atoms with Crippen molar-refractivity contribution in [2.75, 3.05) is 0 Å². The van der Waals surface area contributed by atoms with E-state index in [2.05, 4.69) is 20.3 Å². The molecule has 0 amide bonds. The van der Waals surface area contributed by atoms with Crippen LogP contribution >= 0.6 is 11.3 Å². The lowest BCUT2D eigenvalue weighted by atomic mass is 10.4. The van der Waals surface area contributed by atoms with Crippen LogP contribution in [0.25, 0.3) is 0 Å². The lowest BCUT2D eigenvalue weighted by Crippen LogP contribution is -2.14. The second-order valence-corrected chi connectivity index (χ2v) is 3.82. The first kappa shape index (κ1) is 10.0. The van der Waals surface area contributed by atoms with Crippen molar-refractivity contribution in [3.8, 4) is 0 Å². The molecule has 0 bridgehead atoms. The van der Waals surface area contributed by atoms with Gasteiger partial charge in [-0.25, -0.2) is 9.97 Å². The summed E-state index contributed by atoms with van der Waals surface area (Å²) in [5, 5.41) is 4.99. The lowest BCUT2D eigenvalue weighted by Gasteiger charge is -2.01. The molecule has 5 nitrogen and oxygen atoms in total. The maximum atomic E-state index is 10.8. The Morgan fingerprint density at radius 3 is 3.07 bits per heavy atom. The van der Waals surface area contributed by atoms with Crippen LogP contribution in [0.4, 0.5) is 0 Å². The number of rotatable bonds is 4. The fourth-order valence-electron chi connectivity index (χ4n) is 1.15. The van der Waals surface area contributed by atoms with Crippen LogP contribution in [0.1, 0.15) is 11.4 Å². The molecule has 15 heavy (non-hydrogen) atoms. The summed E-state index contributed by atoms with van der Waals surface area (Å²) in [5.74, 6) is 0. The van der Waals surface area contributed by atoms with Crippen LogP contribution in [0.3, 0.4) is 0 Å². The van der Waals surface area contributed by atoms with Crippen molar-refractivity contribution >= 4 is 11.3 Å². The Morgan fingerprint density at radius 1 is 1.47 bits per heavy atom. The Hall–Kier alpha value is -1.53. The highest BCUT2D eigenvalue weighted by Gasteiger charge is 1.96. The summed E-state index contributed by atoms with van der Waals surface area (Å²) < 4.78 is 0. The molecule has 2 N–H and O–H groups in total. The summed E-state index contributed by atoms with van der Waals surface area (Å²) in [6.45, 7) is 1.31. The Morgan fingerprint density at radius 2 is 2.40 bits per heavy atom. The van der Waals surface area contributed by atoms with E-state index in [-0.39, 0.29) is 4.87 Å². The van der Waals surface area contributed by atoms with Crippen molar-refractivity contribution in [1.29, 1.82) is 0 Å². The van der Waals surface area contributed by atoms with Crippen LogP contribution < -0.4 is 10.2 Å². The van der Waals surface area contributed by atoms with Crippen molar-refractivity contribution in [2.24, 2.45) is 0 Å². The van der Waals surface area contributed by atoms with E-state index in [9.17, 15) is 4.79 Å². The van der Waals surface area contributed by atoms with E-state index in [0.29, 0.717) is 13.1 Å². The molecule has 0 aromatic carbocycles. The minimum absolute atomic E-state index is 0.0196. The van der Waals surface area contributed by atoms with E-state index in [1.54, 1.807) is 6.20 Å². The number of nitrogens with one attached hydrogen (secondary N) is 2. The molecule has 2 heterocycles. The molecule has 0 saturated carbocycles. The normalized spacial score (nSPS) is 10.4. The summed E-state index contributed by atoms with van der Waals surface area (Å²) in [5.41, 5.74) is 1.83. The maximum Gasteiger partial charge on any atom is 0.304 e. The van der Waals surface area contributed by atoms with Gasteiger partial charge in [-0.3, -0.25) is 4.79 Å². The molecule has 0 aliphatic heterocycles. The molecule has 0 spiro atoms. The summed E-state index contributed by atoms with van der Waals surface area (Å²) in [4.78, 5) is 21.5. The Bertz CT molecular complexity index is 464. The molecule has 0 unspecified atom stereocenters. The third-order valence-corrected chi connectivity index (χ3v) is 2.55. The summed E-state index contributed by atoms with van der Waals surface area (Å²) >= 11 is 1.17. The molecule has 0 atom stereocenters. The number of H-pyrrole nitrogens is 1. The van der Waals surface area contributed by atoms with Gasteiger partial charge >= 0.3 is 4.87 Å². The second-order valence-electron chi connectivity index (χ2n) is 2.98. The van der Waals surface area contributed by atoms with Crippen molar-refractivity contribution < 1.29 is 0 Å². The summed E-state index contributed by atoms with van der Waals surface area (Å²) in [7, 11) is 0. The largest absolute Gasteiger partial charge is 0.315 e. The highest BCUT2D eigenvalue weighted by Crippen LogP contribution is 1.96. The zero-order chi connectivity index (χ0) is 10.5. The van der Waals surface area contributed by atoms with Crippen molar-refractivity contribution in [1.82, 2.24) is 20.3 Å². The second kappa shape index (κ2) is 4.81. The molecule has 78 valence electrons. The maximum absolute atomic E-state index is 10.8. The topological polar surface area (TPSA) is 70.7 Å². The highest BCUT2D eigenvalue weighted by atomic mass is 32.1. The molecule has 2 rings (SSSR count). The van der Waals surface area contributed by atoms with Gasteiger partial charge in [-0.1, -0.05) is 11.3 Å². The fourth-order valence-corrected chi connectivity index (χ4v) is 1.73. The molecule has 6 heteroatoms. The standard InChI is InChI=1S/C9H10N4OS/c14-9-13-8(5-15-9)4-11-3-7-1-2-10-6-12-7/h1-2,5-6,11H,3-4H2,(H,13,14). The van der Waals surface area contributed by atoms with Gasteiger partial charge in [0, 0.05) is 30.4 Å². The molecular weight excluding hydrogens is 212 g/mol. The quantitative estimate of drug-likeness (QED) is 0.791. The monoisotopic (exact) mass is 222 g/mol. The average molecular weight is 222 g/mol. The highest BCUT2D eigenvalue weighted by molar-refractivity contribution is 7.07. The number of thiazole rings is 1. The average Bonchev–Trinajstić information content (AvgIpc) is 2.66. The van der Waals surface area contributed by atoms with E-state index in [0.717, 1.165) is 11.4 Å². The zero-order valence-electron chi connectivity index (χ0n) is 7.93. The number of hydrogen-bond acceptors (Lipinski definition) is 5. The molecule has 0 radical (unpaired) electrons. The molecular formula is C9H10N4OS. The van der Waals surface area contributed by atoms with Crippen LogP contribution in [-0.2, 0) is 13.1 Å². The van der Waals surface area contributed by atoms with Gasteiger partial charge in [0.1, 0.15) is 6.33 Å². The first-order chi connectivity index (χ1) is 7.34. The number of aromatic nitrogens is 3. The molecule has 0 saturated heterocycles. The summed E-state index contributed by atoms with van der Waals surface area (Å²) in [6, 6.07) is 1.85. The first-order valence-electron chi connectivity index (χ1n) is 4.47. The van der Waals surface area contributed by atoms with Gasteiger partial charge < -0.3 is 10.3 Å². The van der Waals surface area contributed by atoms with Crippen molar-refractivity contribution in [3.63, 3.8) is 0 Å². The predicted octanol–water partition coefficient (Wildman–Crippen LogP) is 0.516. The van der Waals surface area contributed by atoms with Gasteiger partial charge in [-0.15, -0.1) is 0 Å². The van der Waals surface area contributed by atoms with Crippen LogP contribution in [-0.4, -0.2) is 15.0 Å².